The third-order valence-corrected chi connectivity index (χ3v) is 2.25. The van der Waals surface area contributed by atoms with E-state index in [1.165, 1.54) is 11.9 Å². The second-order valence-corrected chi connectivity index (χ2v) is 2.99. The number of carbonyl (C=O) groups excluding carboxylic acids is 1. The van der Waals surface area contributed by atoms with Crippen LogP contribution in [-0.4, -0.2) is 41.5 Å². The molecule has 0 saturated carbocycles. The second kappa shape index (κ2) is 3.10. The Labute approximate surface area is 70.1 Å². The van der Waals surface area contributed by atoms with Gasteiger partial charge in [-0.2, -0.15) is 0 Å². The molecule has 5 nitrogen and oxygen atoms in total. The van der Waals surface area contributed by atoms with Gasteiger partial charge in [-0.25, -0.2) is 4.79 Å². The van der Waals surface area contributed by atoms with E-state index in [0.29, 0.717) is 0 Å². The lowest BCUT2D eigenvalue weighted by molar-refractivity contribution is -0.146. The van der Waals surface area contributed by atoms with E-state index in [0.717, 1.165) is 0 Å². The Morgan fingerprint density at radius 2 is 2.42 bits per heavy atom. The Bertz CT molecular complexity index is 217. The van der Waals surface area contributed by atoms with E-state index in [-0.39, 0.29) is 24.8 Å². The quantitative estimate of drug-likeness (QED) is 0.552. The van der Waals surface area contributed by atoms with E-state index in [1.54, 1.807) is 0 Å². The first-order valence-corrected chi connectivity index (χ1v) is 3.76. The SMILES string of the molecule is CN1C(=O)C[C@H](CN)[C@H]1C(=O)O. The predicted molar refractivity (Wildman–Crippen MR) is 41.4 cm³/mol. The molecule has 5 heteroatoms. The molecule has 1 rings (SSSR count). The molecule has 0 bridgehead atoms. The van der Waals surface area contributed by atoms with Gasteiger partial charge in [-0.15, -0.1) is 0 Å². The topological polar surface area (TPSA) is 83.6 Å². The number of rotatable bonds is 2. The molecule has 0 aromatic heterocycles. The summed E-state index contributed by atoms with van der Waals surface area (Å²) in [5.74, 6) is -1.35. The molecule has 0 aromatic rings. The molecule has 0 aromatic carbocycles. The fourth-order valence-electron chi connectivity index (χ4n) is 1.53. The van der Waals surface area contributed by atoms with Crippen molar-refractivity contribution in [3.05, 3.63) is 0 Å². The maximum Gasteiger partial charge on any atom is 0.326 e. The van der Waals surface area contributed by atoms with E-state index in [9.17, 15) is 9.59 Å². The van der Waals surface area contributed by atoms with Gasteiger partial charge in [0, 0.05) is 19.4 Å². The summed E-state index contributed by atoms with van der Waals surface area (Å²) in [6, 6.07) is -0.734. The van der Waals surface area contributed by atoms with E-state index in [4.69, 9.17) is 10.8 Å². The summed E-state index contributed by atoms with van der Waals surface area (Å²) in [5, 5.41) is 8.75. The predicted octanol–water partition coefficient (Wildman–Crippen LogP) is -1.12. The number of carbonyl (C=O) groups is 2. The molecular weight excluding hydrogens is 160 g/mol. The largest absolute Gasteiger partial charge is 0.480 e. The van der Waals surface area contributed by atoms with Crippen LogP contribution in [0.1, 0.15) is 6.42 Å². The Morgan fingerprint density at radius 1 is 1.83 bits per heavy atom. The first kappa shape index (κ1) is 8.99. The number of nitrogens with two attached hydrogens (primary N) is 1. The Kier molecular flexibility index (Phi) is 2.32. The summed E-state index contributed by atoms with van der Waals surface area (Å²) in [4.78, 5) is 23.0. The average Bonchev–Trinajstić information content (AvgIpc) is 2.28. The van der Waals surface area contributed by atoms with Gasteiger partial charge < -0.3 is 15.7 Å². The van der Waals surface area contributed by atoms with Crippen molar-refractivity contribution in [1.82, 2.24) is 4.90 Å². The molecule has 0 unspecified atom stereocenters. The number of nitrogens with zero attached hydrogens (tertiary/aromatic N) is 1. The van der Waals surface area contributed by atoms with Crippen molar-refractivity contribution in [3.63, 3.8) is 0 Å². The van der Waals surface area contributed by atoms with Crippen LogP contribution in [0.3, 0.4) is 0 Å². The second-order valence-electron chi connectivity index (χ2n) is 2.99. The van der Waals surface area contributed by atoms with E-state index in [1.807, 2.05) is 0 Å². The molecule has 1 heterocycles. The molecule has 12 heavy (non-hydrogen) atoms. The summed E-state index contributed by atoms with van der Waals surface area (Å²) < 4.78 is 0. The number of carboxylic acids is 1. The minimum absolute atomic E-state index is 0.141. The molecule has 1 amide bonds. The molecule has 1 aliphatic rings. The van der Waals surface area contributed by atoms with Crippen LogP contribution in [0, 0.1) is 5.92 Å². The summed E-state index contributed by atoms with van der Waals surface area (Å²) in [6.07, 6.45) is 0.254. The molecule has 0 spiro atoms. The zero-order valence-corrected chi connectivity index (χ0v) is 6.86. The zero-order valence-electron chi connectivity index (χ0n) is 6.86. The van der Waals surface area contributed by atoms with Gasteiger partial charge in [0.1, 0.15) is 6.04 Å². The standard InChI is InChI=1S/C7H12N2O3/c1-9-5(10)2-4(3-8)6(9)7(11)12/h4,6H,2-3,8H2,1H3,(H,11,12)/t4-,6+/m1/s1. The van der Waals surface area contributed by atoms with Crippen molar-refractivity contribution in [2.24, 2.45) is 11.7 Å². The summed E-state index contributed by atoms with van der Waals surface area (Å²) >= 11 is 0. The van der Waals surface area contributed by atoms with E-state index < -0.39 is 12.0 Å². The van der Waals surface area contributed by atoms with Crippen LogP contribution in [0.5, 0.6) is 0 Å². The Balaban J connectivity index is 2.80. The number of carboxylic acid groups (broad SMARTS) is 1. The lowest BCUT2D eigenvalue weighted by atomic mass is 10.0. The molecule has 1 aliphatic heterocycles. The summed E-state index contributed by atoms with van der Waals surface area (Å²) in [5.41, 5.74) is 5.34. The van der Waals surface area contributed by atoms with Crippen LogP contribution in [0.25, 0.3) is 0 Å². The minimum Gasteiger partial charge on any atom is -0.480 e. The van der Waals surface area contributed by atoms with Gasteiger partial charge in [-0.1, -0.05) is 0 Å². The fourth-order valence-corrected chi connectivity index (χ4v) is 1.53. The number of likely N-dealkylation sites (N-methyl/N-ethyl adjacent to an activating group) is 1. The van der Waals surface area contributed by atoms with Crippen molar-refractivity contribution in [1.29, 1.82) is 0 Å². The van der Waals surface area contributed by atoms with Crippen LogP contribution >= 0.6 is 0 Å². The normalized spacial score (nSPS) is 29.5. The van der Waals surface area contributed by atoms with Gasteiger partial charge in [-0.3, -0.25) is 4.79 Å². The highest BCUT2D eigenvalue weighted by atomic mass is 16.4. The molecular formula is C7H12N2O3. The Hall–Kier alpha value is -1.10. The molecule has 2 atom stereocenters. The van der Waals surface area contributed by atoms with Crippen LogP contribution in [0.4, 0.5) is 0 Å². The van der Waals surface area contributed by atoms with Crippen molar-refractivity contribution in [2.75, 3.05) is 13.6 Å². The maximum atomic E-state index is 11.1. The number of hydrogen-bond acceptors (Lipinski definition) is 3. The van der Waals surface area contributed by atoms with Crippen LogP contribution in [0.15, 0.2) is 0 Å². The van der Waals surface area contributed by atoms with Crippen LogP contribution in [0.2, 0.25) is 0 Å². The van der Waals surface area contributed by atoms with Gasteiger partial charge in [0.25, 0.3) is 0 Å². The average molecular weight is 172 g/mol. The minimum atomic E-state index is -0.973. The Morgan fingerprint density at radius 3 is 2.75 bits per heavy atom. The first-order valence-electron chi connectivity index (χ1n) is 3.76. The highest BCUT2D eigenvalue weighted by Crippen LogP contribution is 2.22. The summed E-state index contributed by atoms with van der Waals surface area (Å²) in [6.45, 7) is 0.243. The van der Waals surface area contributed by atoms with E-state index in [2.05, 4.69) is 0 Å². The lowest BCUT2D eigenvalue weighted by Crippen LogP contribution is -2.40. The lowest BCUT2D eigenvalue weighted by Gasteiger charge is -2.18. The zero-order chi connectivity index (χ0) is 9.30. The van der Waals surface area contributed by atoms with Gasteiger partial charge >= 0.3 is 5.97 Å². The van der Waals surface area contributed by atoms with Gasteiger partial charge in [0.05, 0.1) is 0 Å². The molecule has 1 fully saturated rings. The number of likely N-dealkylation sites (tertiary alicyclic amines) is 1. The van der Waals surface area contributed by atoms with Gasteiger partial charge in [0.2, 0.25) is 5.91 Å². The highest BCUT2D eigenvalue weighted by Gasteiger charge is 2.41. The van der Waals surface area contributed by atoms with Gasteiger partial charge in [0.15, 0.2) is 0 Å². The molecule has 68 valence electrons. The maximum absolute atomic E-state index is 11.1. The fraction of sp³-hybridized carbons (Fsp3) is 0.714. The molecule has 3 N–H and O–H groups in total. The molecule has 0 aliphatic carbocycles. The number of aliphatic carboxylic acids is 1. The van der Waals surface area contributed by atoms with Crippen LogP contribution in [-0.2, 0) is 9.59 Å². The smallest absolute Gasteiger partial charge is 0.326 e. The van der Waals surface area contributed by atoms with Crippen molar-refractivity contribution in [3.8, 4) is 0 Å². The molecule has 0 radical (unpaired) electrons. The highest BCUT2D eigenvalue weighted by molar-refractivity contribution is 5.87. The number of hydrogen-bond donors (Lipinski definition) is 2. The van der Waals surface area contributed by atoms with E-state index >= 15 is 0 Å². The van der Waals surface area contributed by atoms with Crippen molar-refractivity contribution >= 4 is 11.9 Å². The molecule has 1 saturated heterocycles. The first-order chi connectivity index (χ1) is 5.57. The third kappa shape index (κ3) is 1.27. The third-order valence-electron chi connectivity index (χ3n) is 2.25. The van der Waals surface area contributed by atoms with Gasteiger partial charge in [-0.05, 0) is 6.54 Å². The number of amides is 1. The monoisotopic (exact) mass is 172 g/mol. The van der Waals surface area contributed by atoms with Crippen molar-refractivity contribution < 1.29 is 14.7 Å². The van der Waals surface area contributed by atoms with Crippen molar-refractivity contribution in [2.45, 2.75) is 12.5 Å². The summed E-state index contributed by atoms with van der Waals surface area (Å²) in [7, 11) is 1.50. The van der Waals surface area contributed by atoms with Crippen LogP contribution < -0.4 is 5.73 Å².